The van der Waals surface area contributed by atoms with Crippen LogP contribution >= 0.6 is 0 Å². The second-order valence-corrected chi connectivity index (χ2v) is 6.07. The normalized spacial score (nSPS) is 19.4. The number of pyridine rings is 1. The van der Waals surface area contributed by atoms with E-state index >= 15 is 0 Å². The highest BCUT2D eigenvalue weighted by Crippen LogP contribution is 2.47. The van der Waals surface area contributed by atoms with Gasteiger partial charge in [0.2, 0.25) is 11.8 Å². The number of carbonyl (C=O) groups is 1. The molecule has 1 aliphatic carbocycles. The maximum Gasteiger partial charge on any atom is 0.220 e. The third-order valence-electron chi connectivity index (χ3n) is 4.28. The zero-order valence-electron chi connectivity index (χ0n) is 13.5. The molecule has 23 heavy (non-hydrogen) atoms. The standard InChI is InChI=1S/C18H22N2O3/c1-12-10-15(12)16-7-5-14(23-16)6-8-17(21)20-11-13-4-3-9-19-18(13)22-2/h3-5,7,9,12,15H,6,8,10-11H2,1-2H3,(H,20,21)/t12-,15+/m0/s1. The van der Waals surface area contributed by atoms with Crippen molar-refractivity contribution in [1.82, 2.24) is 10.3 Å². The minimum atomic E-state index is -0.00588. The van der Waals surface area contributed by atoms with Gasteiger partial charge in [-0.25, -0.2) is 4.98 Å². The molecule has 5 nitrogen and oxygen atoms in total. The Kier molecular flexibility index (Phi) is 4.65. The molecule has 2 atom stereocenters. The first-order valence-electron chi connectivity index (χ1n) is 8.00. The van der Waals surface area contributed by atoms with E-state index in [0.29, 0.717) is 31.2 Å². The van der Waals surface area contributed by atoms with E-state index in [1.165, 1.54) is 6.42 Å². The number of nitrogens with zero attached hydrogens (tertiary/aromatic N) is 1. The highest BCUT2D eigenvalue weighted by molar-refractivity contribution is 5.76. The smallest absolute Gasteiger partial charge is 0.220 e. The summed E-state index contributed by atoms with van der Waals surface area (Å²) >= 11 is 0. The van der Waals surface area contributed by atoms with E-state index in [0.717, 1.165) is 23.0 Å². The largest absolute Gasteiger partial charge is 0.481 e. The Labute approximate surface area is 136 Å². The van der Waals surface area contributed by atoms with Crippen LogP contribution in [-0.2, 0) is 17.8 Å². The maximum absolute atomic E-state index is 12.0. The first-order valence-corrected chi connectivity index (χ1v) is 8.00. The highest BCUT2D eigenvalue weighted by atomic mass is 16.5. The molecule has 0 unspecified atom stereocenters. The van der Waals surface area contributed by atoms with E-state index in [-0.39, 0.29) is 5.91 Å². The molecule has 0 aromatic carbocycles. The molecule has 1 fully saturated rings. The summed E-state index contributed by atoms with van der Waals surface area (Å²) in [6.45, 7) is 2.64. The van der Waals surface area contributed by atoms with E-state index in [4.69, 9.17) is 9.15 Å². The van der Waals surface area contributed by atoms with Gasteiger partial charge in [-0.2, -0.15) is 0 Å². The number of hydrogen-bond donors (Lipinski definition) is 1. The first-order chi connectivity index (χ1) is 11.2. The van der Waals surface area contributed by atoms with Gasteiger partial charge in [-0.1, -0.05) is 13.0 Å². The van der Waals surface area contributed by atoms with Crippen LogP contribution in [0.2, 0.25) is 0 Å². The van der Waals surface area contributed by atoms with E-state index in [2.05, 4.69) is 17.2 Å². The van der Waals surface area contributed by atoms with Crippen LogP contribution in [0.4, 0.5) is 0 Å². The average molecular weight is 314 g/mol. The van der Waals surface area contributed by atoms with Gasteiger partial charge in [-0.15, -0.1) is 0 Å². The predicted molar refractivity (Wildman–Crippen MR) is 86.2 cm³/mol. The fraction of sp³-hybridized carbons (Fsp3) is 0.444. The van der Waals surface area contributed by atoms with Crippen LogP contribution in [-0.4, -0.2) is 18.0 Å². The lowest BCUT2D eigenvalue weighted by molar-refractivity contribution is -0.121. The number of furan rings is 1. The van der Waals surface area contributed by atoms with Gasteiger partial charge in [0.05, 0.1) is 7.11 Å². The van der Waals surface area contributed by atoms with Crippen LogP contribution in [0.1, 0.15) is 42.8 Å². The van der Waals surface area contributed by atoms with Crippen molar-refractivity contribution in [2.75, 3.05) is 7.11 Å². The number of nitrogens with one attached hydrogen (secondary N) is 1. The number of methoxy groups -OCH3 is 1. The van der Waals surface area contributed by atoms with E-state index in [1.807, 2.05) is 24.3 Å². The molecule has 0 saturated heterocycles. The maximum atomic E-state index is 12.0. The van der Waals surface area contributed by atoms with Crippen LogP contribution in [0.3, 0.4) is 0 Å². The molecule has 1 amide bonds. The Hall–Kier alpha value is -2.30. The molecule has 3 rings (SSSR count). The molecule has 0 bridgehead atoms. The Balaban J connectivity index is 1.45. The predicted octanol–water partition coefficient (Wildman–Crippen LogP) is 3.06. The lowest BCUT2D eigenvalue weighted by atomic mass is 10.2. The number of amides is 1. The zero-order valence-corrected chi connectivity index (χ0v) is 13.5. The fourth-order valence-electron chi connectivity index (χ4n) is 2.71. The number of aromatic nitrogens is 1. The van der Waals surface area contributed by atoms with E-state index < -0.39 is 0 Å². The average Bonchev–Trinajstić information content (AvgIpc) is 3.11. The molecule has 1 saturated carbocycles. The van der Waals surface area contributed by atoms with Gasteiger partial charge in [0.1, 0.15) is 11.5 Å². The van der Waals surface area contributed by atoms with Crippen LogP contribution in [0.5, 0.6) is 5.88 Å². The summed E-state index contributed by atoms with van der Waals surface area (Å²) in [7, 11) is 1.57. The number of carbonyl (C=O) groups excluding carboxylic acids is 1. The van der Waals surface area contributed by atoms with Crippen molar-refractivity contribution in [1.29, 1.82) is 0 Å². The van der Waals surface area contributed by atoms with Gasteiger partial charge in [-0.3, -0.25) is 4.79 Å². The molecule has 5 heteroatoms. The van der Waals surface area contributed by atoms with Gasteiger partial charge in [0.15, 0.2) is 0 Å². The van der Waals surface area contributed by atoms with Crippen molar-refractivity contribution >= 4 is 5.91 Å². The topological polar surface area (TPSA) is 64.4 Å². The van der Waals surface area contributed by atoms with Crippen LogP contribution in [0.25, 0.3) is 0 Å². The summed E-state index contributed by atoms with van der Waals surface area (Å²) < 4.78 is 11.0. The Bertz CT molecular complexity index is 680. The van der Waals surface area contributed by atoms with Crippen molar-refractivity contribution in [2.24, 2.45) is 5.92 Å². The van der Waals surface area contributed by atoms with Gasteiger partial charge >= 0.3 is 0 Å². The van der Waals surface area contributed by atoms with Crippen molar-refractivity contribution in [2.45, 2.75) is 38.6 Å². The summed E-state index contributed by atoms with van der Waals surface area (Å²) in [5.41, 5.74) is 0.867. The molecule has 0 aliphatic heterocycles. The van der Waals surface area contributed by atoms with Crippen LogP contribution in [0, 0.1) is 5.92 Å². The quantitative estimate of drug-likeness (QED) is 0.853. The first kappa shape index (κ1) is 15.6. The van der Waals surface area contributed by atoms with Gasteiger partial charge < -0.3 is 14.5 Å². The summed E-state index contributed by atoms with van der Waals surface area (Å²) in [6.07, 6.45) is 3.91. The number of rotatable bonds is 7. The van der Waals surface area contributed by atoms with E-state index in [1.54, 1.807) is 13.3 Å². The molecule has 1 N–H and O–H groups in total. The third-order valence-corrected chi connectivity index (χ3v) is 4.28. The Morgan fingerprint density at radius 1 is 1.43 bits per heavy atom. The van der Waals surface area contributed by atoms with Crippen LogP contribution < -0.4 is 10.1 Å². The molecule has 0 spiro atoms. The van der Waals surface area contributed by atoms with Crippen molar-refractivity contribution in [3.05, 3.63) is 47.5 Å². The Morgan fingerprint density at radius 3 is 3.00 bits per heavy atom. The second kappa shape index (κ2) is 6.86. The summed E-state index contributed by atoms with van der Waals surface area (Å²) in [5, 5.41) is 2.89. The lowest BCUT2D eigenvalue weighted by Gasteiger charge is -2.08. The minimum Gasteiger partial charge on any atom is -0.481 e. The molecule has 122 valence electrons. The molecule has 2 heterocycles. The minimum absolute atomic E-state index is 0.00588. The van der Waals surface area contributed by atoms with Gasteiger partial charge in [-0.05, 0) is 30.5 Å². The highest BCUT2D eigenvalue weighted by Gasteiger charge is 2.36. The molecular weight excluding hydrogens is 292 g/mol. The van der Waals surface area contributed by atoms with Gasteiger partial charge in [0.25, 0.3) is 0 Å². The molecule has 2 aromatic heterocycles. The number of ether oxygens (including phenoxy) is 1. The summed E-state index contributed by atoms with van der Waals surface area (Å²) in [5.74, 6) is 3.79. The lowest BCUT2D eigenvalue weighted by Crippen LogP contribution is -2.23. The summed E-state index contributed by atoms with van der Waals surface area (Å²) in [4.78, 5) is 16.1. The zero-order chi connectivity index (χ0) is 16.2. The number of aryl methyl sites for hydroxylation is 1. The second-order valence-electron chi connectivity index (χ2n) is 6.07. The molecule has 0 radical (unpaired) electrons. The van der Waals surface area contributed by atoms with Crippen molar-refractivity contribution in [3.63, 3.8) is 0 Å². The van der Waals surface area contributed by atoms with Crippen LogP contribution in [0.15, 0.2) is 34.9 Å². The third kappa shape index (κ3) is 3.92. The molecular formula is C18H22N2O3. The van der Waals surface area contributed by atoms with Gasteiger partial charge in [0, 0.05) is 37.1 Å². The van der Waals surface area contributed by atoms with Crippen molar-refractivity contribution in [3.8, 4) is 5.88 Å². The monoisotopic (exact) mass is 314 g/mol. The Morgan fingerprint density at radius 2 is 2.26 bits per heavy atom. The fourth-order valence-corrected chi connectivity index (χ4v) is 2.71. The summed E-state index contributed by atoms with van der Waals surface area (Å²) in [6, 6.07) is 7.74. The van der Waals surface area contributed by atoms with Crippen molar-refractivity contribution < 1.29 is 13.9 Å². The molecule has 2 aromatic rings. The van der Waals surface area contributed by atoms with E-state index in [9.17, 15) is 4.79 Å². The SMILES string of the molecule is COc1ncccc1CNC(=O)CCc1ccc([C@@H]2C[C@@H]2C)o1. The molecule has 1 aliphatic rings. The number of hydrogen-bond acceptors (Lipinski definition) is 4.